The van der Waals surface area contributed by atoms with Gasteiger partial charge in [0.15, 0.2) is 11.5 Å². The van der Waals surface area contributed by atoms with Crippen molar-refractivity contribution in [3.05, 3.63) is 35.9 Å². The predicted octanol–water partition coefficient (Wildman–Crippen LogP) is -0.115. The Hall–Kier alpha value is -2.58. The van der Waals surface area contributed by atoms with Crippen LogP contribution in [0.2, 0.25) is 0 Å². The molecule has 8 nitrogen and oxygen atoms in total. The van der Waals surface area contributed by atoms with Gasteiger partial charge in [-0.15, -0.1) is 0 Å². The van der Waals surface area contributed by atoms with Gasteiger partial charge in [-0.3, -0.25) is 29.0 Å². The molecule has 1 spiro atoms. The molecular weight excluding hydrogens is 352 g/mol. The zero-order valence-electron chi connectivity index (χ0n) is 14.9. The van der Waals surface area contributed by atoms with E-state index in [1.165, 1.54) is 18.9 Å². The summed E-state index contributed by atoms with van der Waals surface area (Å²) in [6.45, 7) is 1.41. The van der Waals surface area contributed by atoms with Gasteiger partial charge in [0.2, 0.25) is 17.4 Å². The molecule has 0 N–H and O–H groups in total. The molecule has 0 aliphatic carbocycles. The molecule has 27 heavy (non-hydrogen) atoms. The smallest absolute Gasteiger partial charge is 0.266 e. The second-order valence-corrected chi connectivity index (χ2v) is 7.55. The number of fused-ring (bicyclic) bond motifs is 3. The van der Waals surface area contributed by atoms with Gasteiger partial charge in [0.05, 0.1) is 19.3 Å². The summed E-state index contributed by atoms with van der Waals surface area (Å²) in [7, 11) is 1.38. The Labute approximate surface area is 155 Å². The van der Waals surface area contributed by atoms with Crippen LogP contribution in [-0.4, -0.2) is 64.9 Å². The molecule has 0 aromatic heterocycles. The summed E-state index contributed by atoms with van der Waals surface area (Å²) < 4.78 is 11.8. The topological polar surface area (TPSA) is 93.2 Å². The maximum Gasteiger partial charge on any atom is 0.266 e. The second kappa shape index (κ2) is 5.02. The molecule has 5 atom stereocenters. The van der Waals surface area contributed by atoms with Crippen molar-refractivity contribution >= 4 is 23.5 Å². The van der Waals surface area contributed by atoms with Gasteiger partial charge in [-0.05, 0) is 12.5 Å². The van der Waals surface area contributed by atoms with Crippen molar-refractivity contribution in [3.63, 3.8) is 0 Å². The van der Waals surface area contributed by atoms with Crippen molar-refractivity contribution in [3.8, 4) is 0 Å². The fraction of sp³-hybridized carbons (Fsp3) is 0.474. The number of carbonyl (C=O) groups excluding carboxylic acids is 4. The van der Waals surface area contributed by atoms with Crippen LogP contribution in [0.4, 0.5) is 0 Å². The van der Waals surface area contributed by atoms with Crippen LogP contribution in [-0.2, 0) is 28.7 Å². The van der Waals surface area contributed by atoms with Gasteiger partial charge < -0.3 is 9.47 Å². The number of benzene rings is 1. The van der Waals surface area contributed by atoms with Crippen LogP contribution < -0.4 is 0 Å². The molecule has 4 aliphatic heterocycles. The molecule has 5 rings (SSSR count). The lowest BCUT2D eigenvalue weighted by Crippen LogP contribution is -2.66. The molecule has 0 radical (unpaired) electrons. The maximum absolute atomic E-state index is 13.5. The Morgan fingerprint density at radius 3 is 2.44 bits per heavy atom. The minimum absolute atomic E-state index is 0.0505. The lowest BCUT2D eigenvalue weighted by Gasteiger charge is -2.48. The monoisotopic (exact) mass is 370 g/mol. The zero-order valence-corrected chi connectivity index (χ0v) is 14.9. The third kappa shape index (κ3) is 1.66. The van der Waals surface area contributed by atoms with Crippen molar-refractivity contribution in [2.24, 2.45) is 11.8 Å². The molecule has 140 valence electrons. The summed E-state index contributed by atoms with van der Waals surface area (Å²) in [5.41, 5.74) is -2.58. The molecular formula is C19H18N2O6. The first-order valence-corrected chi connectivity index (χ1v) is 8.85. The van der Waals surface area contributed by atoms with Gasteiger partial charge >= 0.3 is 0 Å². The molecule has 2 bridgehead atoms. The lowest BCUT2D eigenvalue weighted by molar-refractivity contribution is -0.208. The minimum Gasteiger partial charge on any atom is -0.374 e. The maximum atomic E-state index is 13.5. The summed E-state index contributed by atoms with van der Waals surface area (Å²) in [5, 5.41) is 0. The van der Waals surface area contributed by atoms with Crippen molar-refractivity contribution < 1.29 is 28.7 Å². The first-order chi connectivity index (χ1) is 12.9. The van der Waals surface area contributed by atoms with Gasteiger partial charge in [-0.1, -0.05) is 30.3 Å². The quantitative estimate of drug-likeness (QED) is 0.533. The van der Waals surface area contributed by atoms with Gasteiger partial charge in [0, 0.05) is 7.05 Å². The molecule has 0 unspecified atom stereocenters. The fourth-order valence-electron chi connectivity index (χ4n) is 5.15. The Bertz CT molecular complexity index is 901. The Kier molecular flexibility index (Phi) is 3.08. The number of morpholine rings is 1. The normalized spacial score (nSPS) is 39.8. The number of hydrogen-bond acceptors (Lipinski definition) is 6. The van der Waals surface area contributed by atoms with E-state index in [4.69, 9.17) is 9.47 Å². The summed E-state index contributed by atoms with van der Waals surface area (Å²) in [4.78, 5) is 54.2. The molecule has 4 aliphatic rings. The van der Waals surface area contributed by atoms with Crippen LogP contribution in [0.1, 0.15) is 18.5 Å². The van der Waals surface area contributed by atoms with E-state index >= 15 is 0 Å². The number of carbonyl (C=O) groups is 4. The molecule has 0 saturated carbocycles. The van der Waals surface area contributed by atoms with E-state index in [2.05, 4.69) is 0 Å². The first kappa shape index (κ1) is 16.6. The van der Waals surface area contributed by atoms with E-state index in [1.54, 1.807) is 0 Å². The summed E-state index contributed by atoms with van der Waals surface area (Å²) in [5.74, 6) is -4.17. The van der Waals surface area contributed by atoms with E-state index in [1.807, 2.05) is 30.3 Å². The van der Waals surface area contributed by atoms with Crippen molar-refractivity contribution in [2.75, 3.05) is 20.3 Å². The van der Waals surface area contributed by atoms with Crippen LogP contribution >= 0.6 is 0 Å². The highest BCUT2D eigenvalue weighted by atomic mass is 16.6. The molecule has 1 aromatic rings. The SMILES string of the molecule is CC(=O)[C@@]12O[C@]3(COC[C@H](c4ccccc4)N3C1=O)[C@@H]1C(=O)N(C)C(=O)[C@@H]12. The molecule has 4 saturated heterocycles. The number of nitrogens with zero attached hydrogens (tertiary/aromatic N) is 2. The third-order valence-corrected chi connectivity index (χ3v) is 6.34. The predicted molar refractivity (Wildman–Crippen MR) is 88.8 cm³/mol. The van der Waals surface area contributed by atoms with Crippen molar-refractivity contribution in [1.82, 2.24) is 9.80 Å². The Morgan fingerprint density at radius 2 is 1.78 bits per heavy atom. The average molecular weight is 370 g/mol. The molecule has 1 aromatic carbocycles. The molecule has 3 amide bonds. The standard InChI is InChI=1S/C19H18N2O6/c1-10(22)19-14-13(15(23)20(2)16(14)24)18(27-19)9-26-8-12(21(18)17(19)25)11-6-4-3-5-7-11/h3-7,12-14H,8-9H2,1-2H3/t12-,13+,14-,18-,19+/m1/s1. The highest BCUT2D eigenvalue weighted by Gasteiger charge is 2.85. The first-order valence-electron chi connectivity index (χ1n) is 8.85. The van der Waals surface area contributed by atoms with E-state index in [9.17, 15) is 19.2 Å². The van der Waals surface area contributed by atoms with Gasteiger partial charge in [0.25, 0.3) is 5.91 Å². The molecule has 4 fully saturated rings. The number of amides is 3. The zero-order chi connectivity index (χ0) is 19.1. The largest absolute Gasteiger partial charge is 0.374 e. The molecule has 8 heteroatoms. The van der Waals surface area contributed by atoms with E-state index < -0.39 is 52.7 Å². The number of imide groups is 1. The van der Waals surface area contributed by atoms with Crippen LogP contribution in [0.25, 0.3) is 0 Å². The average Bonchev–Trinajstić information content (AvgIpc) is 3.21. The summed E-state index contributed by atoms with van der Waals surface area (Å²) >= 11 is 0. The van der Waals surface area contributed by atoms with E-state index in [0.29, 0.717) is 0 Å². The Balaban J connectivity index is 1.72. The molecule has 4 heterocycles. The van der Waals surface area contributed by atoms with Gasteiger partial charge in [-0.2, -0.15) is 0 Å². The fourth-order valence-corrected chi connectivity index (χ4v) is 5.15. The second-order valence-electron chi connectivity index (χ2n) is 7.55. The number of Topliss-reactive ketones (excluding diaryl/α,β-unsaturated/α-hetero) is 1. The van der Waals surface area contributed by atoms with Crippen LogP contribution in [0, 0.1) is 11.8 Å². The minimum atomic E-state index is -1.96. The number of rotatable bonds is 2. The van der Waals surface area contributed by atoms with E-state index in [0.717, 1.165) is 10.5 Å². The number of piperidine rings is 1. The van der Waals surface area contributed by atoms with Crippen LogP contribution in [0.5, 0.6) is 0 Å². The number of hydrogen-bond donors (Lipinski definition) is 0. The summed E-state index contributed by atoms with van der Waals surface area (Å²) in [6, 6.07) is 8.77. The number of ketones is 1. The Morgan fingerprint density at radius 1 is 1.11 bits per heavy atom. The van der Waals surface area contributed by atoms with Crippen molar-refractivity contribution in [2.45, 2.75) is 24.3 Å². The van der Waals surface area contributed by atoms with E-state index in [-0.39, 0.29) is 13.2 Å². The lowest BCUT2D eigenvalue weighted by atomic mass is 9.71. The van der Waals surface area contributed by atoms with Crippen molar-refractivity contribution in [1.29, 1.82) is 0 Å². The third-order valence-electron chi connectivity index (χ3n) is 6.34. The van der Waals surface area contributed by atoms with Crippen LogP contribution in [0.15, 0.2) is 30.3 Å². The highest BCUT2D eigenvalue weighted by Crippen LogP contribution is 2.62. The number of ether oxygens (including phenoxy) is 2. The van der Waals surface area contributed by atoms with Gasteiger partial charge in [-0.25, -0.2) is 0 Å². The highest BCUT2D eigenvalue weighted by molar-refractivity contribution is 6.20. The van der Waals surface area contributed by atoms with Crippen LogP contribution in [0.3, 0.4) is 0 Å². The summed E-state index contributed by atoms with van der Waals surface area (Å²) in [6.07, 6.45) is 0. The number of likely N-dealkylation sites (tertiary alicyclic amines) is 1. The van der Waals surface area contributed by atoms with Gasteiger partial charge in [0.1, 0.15) is 11.8 Å².